The Labute approximate surface area is 137 Å². The standard InChI is InChI=1S/C19H22N4/c1-15(2)23(13-18-12-21-14-22-18)19-5-3-16(4-6-19)11-17-7-9-20-10-8-17/h3-10,12,14-15H,11,13H2,1-2H3,(H,21,22). The highest BCUT2D eigenvalue weighted by Crippen LogP contribution is 2.21. The summed E-state index contributed by atoms with van der Waals surface area (Å²) in [6, 6.07) is 13.3. The smallest absolute Gasteiger partial charge is 0.0923 e. The van der Waals surface area contributed by atoms with Gasteiger partial charge in [0, 0.05) is 30.3 Å². The van der Waals surface area contributed by atoms with E-state index in [1.54, 1.807) is 6.33 Å². The molecule has 0 radical (unpaired) electrons. The Kier molecular flexibility index (Phi) is 4.71. The van der Waals surface area contributed by atoms with Crippen molar-refractivity contribution in [2.24, 2.45) is 0 Å². The fourth-order valence-corrected chi connectivity index (χ4v) is 2.67. The van der Waals surface area contributed by atoms with Crippen LogP contribution in [-0.2, 0) is 13.0 Å². The van der Waals surface area contributed by atoms with Crippen LogP contribution in [0.1, 0.15) is 30.7 Å². The van der Waals surface area contributed by atoms with Crippen molar-refractivity contribution in [1.29, 1.82) is 0 Å². The molecule has 0 atom stereocenters. The lowest BCUT2D eigenvalue weighted by Crippen LogP contribution is -2.30. The van der Waals surface area contributed by atoms with Gasteiger partial charge in [0.25, 0.3) is 0 Å². The molecule has 0 aliphatic rings. The first-order valence-electron chi connectivity index (χ1n) is 7.94. The van der Waals surface area contributed by atoms with Crippen LogP contribution in [0.25, 0.3) is 0 Å². The lowest BCUT2D eigenvalue weighted by Gasteiger charge is -2.28. The SMILES string of the molecule is CC(C)N(Cc1c[nH]cn1)c1ccc(Cc2ccncc2)cc1. The average Bonchev–Trinajstić information content (AvgIpc) is 3.07. The van der Waals surface area contributed by atoms with Crippen LogP contribution in [0.3, 0.4) is 0 Å². The number of aromatic amines is 1. The third kappa shape index (κ3) is 3.97. The largest absolute Gasteiger partial charge is 0.363 e. The minimum atomic E-state index is 0.415. The highest BCUT2D eigenvalue weighted by atomic mass is 15.2. The molecule has 3 rings (SSSR count). The molecule has 4 heteroatoms. The first-order chi connectivity index (χ1) is 11.2. The number of rotatable bonds is 6. The maximum Gasteiger partial charge on any atom is 0.0923 e. The van der Waals surface area contributed by atoms with Crippen molar-refractivity contribution < 1.29 is 0 Å². The molecular formula is C19H22N4. The predicted octanol–water partition coefficient (Wildman–Crippen LogP) is 3.81. The Morgan fingerprint density at radius 3 is 2.30 bits per heavy atom. The number of anilines is 1. The zero-order valence-electron chi connectivity index (χ0n) is 13.6. The predicted molar refractivity (Wildman–Crippen MR) is 93.4 cm³/mol. The monoisotopic (exact) mass is 306 g/mol. The van der Waals surface area contributed by atoms with E-state index < -0.39 is 0 Å². The van der Waals surface area contributed by atoms with Crippen LogP contribution >= 0.6 is 0 Å². The summed E-state index contributed by atoms with van der Waals surface area (Å²) < 4.78 is 0. The van der Waals surface area contributed by atoms with Crippen LogP contribution < -0.4 is 4.90 Å². The van der Waals surface area contributed by atoms with E-state index in [2.05, 4.69) is 70.1 Å². The van der Waals surface area contributed by atoms with Crippen LogP contribution in [0.4, 0.5) is 5.69 Å². The summed E-state index contributed by atoms with van der Waals surface area (Å²) in [5, 5.41) is 0. The van der Waals surface area contributed by atoms with Gasteiger partial charge in [-0.2, -0.15) is 0 Å². The lowest BCUT2D eigenvalue weighted by atomic mass is 10.1. The maximum atomic E-state index is 4.33. The lowest BCUT2D eigenvalue weighted by molar-refractivity contribution is 0.675. The van der Waals surface area contributed by atoms with Gasteiger partial charge in [0.1, 0.15) is 0 Å². The number of hydrogen-bond acceptors (Lipinski definition) is 3. The second kappa shape index (κ2) is 7.09. The number of nitrogens with zero attached hydrogens (tertiary/aromatic N) is 3. The normalized spacial score (nSPS) is 10.9. The minimum absolute atomic E-state index is 0.415. The van der Waals surface area contributed by atoms with E-state index in [1.807, 2.05) is 18.6 Å². The molecule has 2 aromatic heterocycles. The number of aromatic nitrogens is 3. The van der Waals surface area contributed by atoms with Gasteiger partial charge < -0.3 is 9.88 Å². The van der Waals surface area contributed by atoms with E-state index in [9.17, 15) is 0 Å². The molecule has 1 aromatic carbocycles. The fourth-order valence-electron chi connectivity index (χ4n) is 2.67. The zero-order valence-corrected chi connectivity index (χ0v) is 13.6. The van der Waals surface area contributed by atoms with Crippen molar-refractivity contribution in [3.8, 4) is 0 Å². The molecule has 23 heavy (non-hydrogen) atoms. The van der Waals surface area contributed by atoms with Gasteiger partial charge in [0.05, 0.1) is 18.6 Å². The Hall–Kier alpha value is -2.62. The van der Waals surface area contributed by atoms with Crippen molar-refractivity contribution in [1.82, 2.24) is 15.0 Å². The molecule has 118 valence electrons. The van der Waals surface area contributed by atoms with Crippen molar-refractivity contribution in [2.75, 3.05) is 4.90 Å². The fraction of sp³-hybridized carbons (Fsp3) is 0.263. The van der Waals surface area contributed by atoms with Crippen molar-refractivity contribution in [3.63, 3.8) is 0 Å². The van der Waals surface area contributed by atoms with Crippen LogP contribution in [-0.4, -0.2) is 21.0 Å². The highest BCUT2D eigenvalue weighted by Gasteiger charge is 2.12. The molecule has 3 aromatic rings. The summed E-state index contributed by atoms with van der Waals surface area (Å²) in [4.78, 5) is 13.8. The quantitative estimate of drug-likeness (QED) is 0.753. The summed E-state index contributed by atoms with van der Waals surface area (Å²) in [5.74, 6) is 0. The van der Waals surface area contributed by atoms with E-state index >= 15 is 0 Å². The third-order valence-corrected chi connectivity index (χ3v) is 3.94. The van der Waals surface area contributed by atoms with E-state index in [-0.39, 0.29) is 0 Å². The number of hydrogen-bond donors (Lipinski definition) is 1. The van der Waals surface area contributed by atoms with Crippen LogP contribution in [0.15, 0.2) is 61.3 Å². The molecule has 4 nitrogen and oxygen atoms in total. The Balaban J connectivity index is 1.74. The molecule has 0 fully saturated rings. The second-order valence-corrected chi connectivity index (χ2v) is 5.98. The first-order valence-corrected chi connectivity index (χ1v) is 7.94. The molecule has 2 heterocycles. The number of benzene rings is 1. The van der Waals surface area contributed by atoms with Crippen molar-refractivity contribution >= 4 is 5.69 Å². The van der Waals surface area contributed by atoms with Crippen molar-refractivity contribution in [3.05, 3.63) is 78.1 Å². The summed E-state index contributed by atoms with van der Waals surface area (Å²) in [7, 11) is 0. The molecule has 0 unspecified atom stereocenters. The van der Waals surface area contributed by atoms with Gasteiger partial charge in [-0.25, -0.2) is 4.98 Å². The molecule has 0 aliphatic heterocycles. The molecule has 0 saturated carbocycles. The van der Waals surface area contributed by atoms with Gasteiger partial charge >= 0.3 is 0 Å². The van der Waals surface area contributed by atoms with Crippen LogP contribution in [0.2, 0.25) is 0 Å². The number of imidazole rings is 1. The Bertz CT molecular complexity index is 703. The summed E-state index contributed by atoms with van der Waals surface area (Å²) in [5.41, 5.74) is 4.87. The van der Waals surface area contributed by atoms with Gasteiger partial charge in [-0.3, -0.25) is 4.98 Å². The van der Waals surface area contributed by atoms with Crippen LogP contribution in [0, 0.1) is 0 Å². The number of nitrogens with one attached hydrogen (secondary N) is 1. The van der Waals surface area contributed by atoms with Gasteiger partial charge in [-0.15, -0.1) is 0 Å². The highest BCUT2D eigenvalue weighted by molar-refractivity contribution is 5.49. The van der Waals surface area contributed by atoms with Gasteiger partial charge in [-0.05, 0) is 55.7 Å². The maximum absolute atomic E-state index is 4.33. The summed E-state index contributed by atoms with van der Waals surface area (Å²) >= 11 is 0. The number of pyridine rings is 1. The van der Waals surface area contributed by atoms with Crippen molar-refractivity contribution in [2.45, 2.75) is 32.9 Å². The average molecular weight is 306 g/mol. The van der Waals surface area contributed by atoms with E-state index in [4.69, 9.17) is 0 Å². The van der Waals surface area contributed by atoms with Gasteiger partial charge in [0.2, 0.25) is 0 Å². The Morgan fingerprint density at radius 1 is 1.00 bits per heavy atom. The van der Waals surface area contributed by atoms with E-state index in [0.717, 1.165) is 18.7 Å². The van der Waals surface area contributed by atoms with Gasteiger partial charge in [0.15, 0.2) is 0 Å². The Morgan fingerprint density at radius 2 is 1.70 bits per heavy atom. The molecule has 0 aliphatic carbocycles. The second-order valence-electron chi connectivity index (χ2n) is 5.98. The summed E-state index contributed by atoms with van der Waals surface area (Å²) in [6.07, 6.45) is 8.30. The summed E-state index contributed by atoms with van der Waals surface area (Å²) in [6.45, 7) is 5.22. The molecule has 0 amide bonds. The molecule has 0 saturated heterocycles. The minimum Gasteiger partial charge on any atom is -0.363 e. The van der Waals surface area contributed by atoms with Gasteiger partial charge in [-0.1, -0.05) is 12.1 Å². The third-order valence-electron chi connectivity index (χ3n) is 3.94. The molecule has 0 bridgehead atoms. The number of H-pyrrole nitrogens is 1. The first kappa shape index (κ1) is 15.3. The zero-order chi connectivity index (χ0) is 16.1. The molecule has 1 N–H and O–H groups in total. The van der Waals surface area contributed by atoms with Crippen LogP contribution in [0.5, 0.6) is 0 Å². The molecule has 0 spiro atoms. The van der Waals surface area contributed by atoms with E-state index in [1.165, 1.54) is 16.8 Å². The topological polar surface area (TPSA) is 44.8 Å². The van der Waals surface area contributed by atoms with E-state index in [0.29, 0.717) is 6.04 Å². The molecular weight excluding hydrogens is 284 g/mol.